The first-order valence-electron chi connectivity index (χ1n) is 8.18. The molecule has 0 fully saturated rings. The molecule has 0 bridgehead atoms. The summed E-state index contributed by atoms with van der Waals surface area (Å²) in [6, 6.07) is 12.3. The van der Waals surface area contributed by atoms with Gasteiger partial charge in [0.15, 0.2) is 0 Å². The topological polar surface area (TPSA) is 91.3 Å². The standard InChI is InChI=1S/C19H19N3O3S/c1-12-7-8-20-14-9-16(26-17(12)14)18(23)22-11-15(19(24)25)21-10-13-5-3-2-4-6-13/h2-9,15,21H,10-11H2,1H3,(H,22,23)(H,24,25). The summed E-state index contributed by atoms with van der Waals surface area (Å²) >= 11 is 1.36. The van der Waals surface area contributed by atoms with Crippen molar-refractivity contribution in [3.8, 4) is 0 Å². The number of carbonyl (C=O) groups excluding carboxylic acids is 1. The number of benzene rings is 1. The van der Waals surface area contributed by atoms with Crippen LogP contribution in [0.25, 0.3) is 10.2 Å². The number of fused-ring (bicyclic) bond motifs is 1. The van der Waals surface area contributed by atoms with Crippen molar-refractivity contribution in [1.29, 1.82) is 0 Å². The van der Waals surface area contributed by atoms with Gasteiger partial charge in [-0.1, -0.05) is 30.3 Å². The zero-order valence-corrected chi connectivity index (χ0v) is 15.0. The number of nitrogens with one attached hydrogen (secondary N) is 2. The van der Waals surface area contributed by atoms with Gasteiger partial charge in [-0.25, -0.2) is 0 Å². The van der Waals surface area contributed by atoms with E-state index in [1.807, 2.05) is 43.3 Å². The molecule has 1 aromatic carbocycles. The van der Waals surface area contributed by atoms with Gasteiger partial charge in [-0.15, -0.1) is 11.3 Å². The molecule has 0 aliphatic carbocycles. The molecule has 0 saturated heterocycles. The predicted molar refractivity (Wildman–Crippen MR) is 101 cm³/mol. The maximum atomic E-state index is 12.4. The second-order valence-corrected chi connectivity index (χ2v) is 6.97. The molecule has 0 saturated carbocycles. The number of amides is 1. The lowest BCUT2D eigenvalue weighted by atomic mass is 10.2. The van der Waals surface area contributed by atoms with E-state index < -0.39 is 12.0 Å². The highest BCUT2D eigenvalue weighted by atomic mass is 32.1. The van der Waals surface area contributed by atoms with Gasteiger partial charge < -0.3 is 10.4 Å². The lowest BCUT2D eigenvalue weighted by molar-refractivity contribution is -0.139. The third-order valence-electron chi connectivity index (χ3n) is 3.99. The van der Waals surface area contributed by atoms with Crippen LogP contribution in [-0.2, 0) is 11.3 Å². The van der Waals surface area contributed by atoms with Crippen LogP contribution in [0.3, 0.4) is 0 Å². The van der Waals surface area contributed by atoms with Gasteiger partial charge in [-0.2, -0.15) is 0 Å². The fourth-order valence-corrected chi connectivity index (χ4v) is 3.54. The van der Waals surface area contributed by atoms with Crippen LogP contribution in [0.5, 0.6) is 0 Å². The van der Waals surface area contributed by atoms with E-state index in [1.165, 1.54) is 11.3 Å². The normalized spacial score (nSPS) is 12.0. The van der Waals surface area contributed by atoms with Gasteiger partial charge in [0.25, 0.3) is 5.91 Å². The summed E-state index contributed by atoms with van der Waals surface area (Å²) < 4.78 is 0.967. The van der Waals surface area contributed by atoms with Crippen molar-refractivity contribution < 1.29 is 14.7 Å². The minimum absolute atomic E-state index is 0.00164. The molecule has 2 heterocycles. The molecule has 1 amide bonds. The number of thiophene rings is 1. The highest BCUT2D eigenvalue weighted by molar-refractivity contribution is 7.21. The number of aryl methyl sites for hydroxylation is 1. The summed E-state index contributed by atoms with van der Waals surface area (Å²) in [7, 11) is 0. The average Bonchev–Trinajstić information content (AvgIpc) is 3.08. The van der Waals surface area contributed by atoms with Crippen LogP contribution in [0, 0.1) is 6.92 Å². The molecule has 26 heavy (non-hydrogen) atoms. The molecule has 134 valence electrons. The quantitative estimate of drug-likeness (QED) is 0.595. The first-order chi connectivity index (χ1) is 12.5. The van der Waals surface area contributed by atoms with Gasteiger partial charge in [0.2, 0.25) is 0 Å². The molecule has 6 nitrogen and oxygen atoms in total. The maximum absolute atomic E-state index is 12.4. The lowest BCUT2D eigenvalue weighted by Crippen LogP contribution is -2.45. The number of carbonyl (C=O) groups is 2. The van der Waals surface area contributed by atoms with Crippen LogP contribution in [0.1, 0.15) is 20.8 Å². The Morgan fingerprint density at radius 2 is 2.00 bits per heavy atom. The summed E-state index contributed by atoms with van der Waals surface area (Å²) in [5.41, 5.74) is 2.82. The minimum atomic E-state index is -1.00. The Morgan fingerprint density at radius 3 is 2.69 bits per heavy atom. The van der Waals surface area contributed by atoms with Crippen LogP contribution in [0.2, 0.25) is 0 Å². The van der Waals surface area contributed by atoms with E-state index >= 15 is 0 Å². The number of pyridine rings is 1. The fraction of sp³-hybridized carbons (Fsp3) is 0.211. The molecular weight excluding hydrogens is 350 g/mol. The Labute approximate surface area is 154 Å². The number of nitrogens with zero attached hydrogens (tertiary/aromatic N) is 1. The Balaban J connectivity index is 1.61. The van der Waals surface area contributed by atoms with E-state index in [0.29, 0.717) is 11.4 Å². The number of rotatable bonds is 7. The number of carboxylic acid groups (broad SMARTS) is 1. The summed E-state index contributed by atoms with van der Waals surface area (Å²) in [6.45, 7) is 2.39. The second-order valence-electron chi connectivity index (χ2n) is 5.92. The predicted octanol–water partition coefficient (Wildman–Crippen LogP) is 2.58. The zero-order chi connectivity index (χ0) is 18.5. The Bertz CT molecular complexity index is 924. The van der Waals surface area contributed by atoms with Crippen molar-refractivity contribution in [3.63, 3.8) is 0 Å². The summed E-state index contributed by atoms with van der Waals surface area (Å²) in [5.74, 6) is -1.30. The molecule has 2 aromatic heterocycles. The molecule has 0 radical (unpaired) electrons. The molecule has 3 rings (SSSR count). The average molecular weight is 369 g/mol. The van der Waals surface area contributed by atoms with E-state index in [-0.39, 0.29) is 12.5 Å². The highest BCUT2D eigenvalue weighted by Gasteiger charge is 2.19. The monoisotopic (exact) mass is 369 g/mol. The van der Waals surface area contributed by atoms with E-state index in [1.54, 1.807) is 12.3 Å². The van der Waals surface area contributed by atoms with Crippen molar-refractivity contribution in [2.75, 3.05) is 6.54 Å². The van der Waals surface area contributed by atoms with Crippen LogP contribution >= 0.6 is 11.3 Å². The number of aromatic nitrogens is 1. The SMILES string of the molecule is Cc1ccnc2cc(C(=O)NCC(NCc3ccccc3)C(=O)O)sc12. The molecule has 0 aliphatic rings. The van der Waals surface area contributed by atoms with Gasteiger partial charge in [-0.3, -0.25) is 19.9 Å². The highest BCUT2D eigenvalue weighted by Crippen LogP contribution is 2.26. The largest absolute Gasteiger partial charge is 0.480 e. The maximum Gasteiger partial charge on any atom is 0.322 e. The molecule has 0 aliphatic heterocycles. The van der Waals surface area contributed by atoms with Crippen molar-refractivity contribution >= 4 is 33.4 Å². The zero-order valence-electron chi connectivity index (χ0n) is 14.2. The molecule has 1 atom stereocenters. The van der Waals surface area contributed by atoms with Crippen molar-refractivity contribution in [3.05, 3.63) is 64.7 Å². The van der Waals surface area contributed by atoms with E-state index in [0.717, 1.165) is 21.3 Å². The van der Waals surface area contributed by atoms with Crippen LogP contribution in [-0.4, -0.2) is 34.6 Å². The fourth-order valence-electron chi connectivity index (χ4n) is 2.54. The third kappa shape index (κ3) is 4.25. The van der Waals surface area contributed by atoms with Gasteiger partial charge in [0.1, 0.15) is 6.04 Å². The second kappa shape index (κ2) is 8.07. The van der Waals surface area contributed by atoms with Gasteiger partial charge in [0, 0.05) is 19.3 Å². The number of hydrogen-bond acceptors (Lipinski definition) is 5. The van der Waals surface area contributed by atoms with E-state index in [9.17, 15) is 14.7 Å². The Kier molecular flexibility index (Phi) is 5.60. The summed E-state index contributed by atoms with van der Waals surface area (Å²) in [4.78, 5) is 28.6. The van der Waals surface area contributed by atoms with Crippen LogP contribution in [0.15, 0.2) is 48.7 Å². The summed E-state index contributed by atoms with van der Waals surface area (Å²) in [6.07, 6.45) is 1.71. The molecule has 1 unspecified atom stereocenters. The first-order valence-corrected chi connectivity index (χ1v) is 8.99. The minimum Gasteiger partial charge on any atom is -0.480 e. The van der Waals surface area contributed by atoms with Crippen LogP contribution < -0.4 is 10.6 Å². The smallest absolute Gasteiger partial charge is 0.322 e. The first kappa shape index (κ1) is 18.0. The van der Waals surface area contributed by atoms with E-state index in [2.05, 4.69) is 15.6 Å². The van der Waals surface area contributed by atoms with Gasteiger partial charge in [0.05, 0.1) is 15.1 Å². The molecule has 7 heteroatoms. The summed E-state index contributed by atoms with van der Waals surface area (Å²) in [5, 5.41) is 15.0. The Hall–Kier alpha value is -2.77. The van der Waals surface area contributed by atoms with Crippen molar-refractivity contribution in [1.82, 2.24) is 15.6 Å². The third-order valence-corrected chi connectivity index (χ3v) is 5.25. The Morgan fingerprint density at radius 1 is 1.23 bits per heavy atom. The molecule has 3 aromatic rings. The molecular formula is C19H19N3O3S. The number of aliphatic carboxylic acids is 1. The number of carboxylic acids is 1. The van der Waals surface area contributed by atoms with Crippen molar-refractivity contribution in [2.45, 2.75) is 19.5 Å². The number of hydrogen-bond donors (Lipinski definition) is 3. The molecule has 3 N–H and O–H groups in total. The molecule has 0 spiro atoms. The lowest BCUT2D eigenvalue weighted by Gasteiger charge is -2.15. The van der Waals surface area contributed by atoms with Gasteiger partial charge >= 0.3 is 5.97 Å². The van der Waals surface area contributed by atoms with Gasteiger partial charge in [-0.05, 0) is 30.2 Å². The van der Waals surface area contributed by atoms with Crippen LogP contribution in [0.4, 0.5) is 0 Å². The van der Waals surface area contributed by atoms with Crippen molar-refractivity contribution in [2.24, 2.45) is 0 Å². The van der Waals surface area contributed by atoms with E-state index in [4.69, 9.17) is 0 Å².